The van der Waals surface area contributed by atoms with Gasteiger partial charge in [0.05, 0.1) is 16.9 Å². The van der Waals surface area contributed by atoms with E-state index in [1.54, 1.807) is 36.4 Å². The molecule has 2 fully saturated rings. The molecule has 0 spiro atoms. The van der Waals surface area contributed by atoms with Crippen LogP contribution in [0.25, 0.3) is 0 Å². The average molecular weight is 495 g/mol. The van der Waals surface area contributed by atoms with Crippen molar-refractivity contribution in [3.05, 3.63) is 78.1 Å². The zero-order chi connectivity index (χ0) is 24.6. The molecule has 1 heterocycles. The van der Waals surface area contributed by atoms with Gasteiger partial charge in [-0.15, -0.1) is 0 Å². The number of nitrogens with one attached hydrogen (secondary N) is 1. The Morgan fingerprint density at radius 2 is 1.89 bits per heavy atom. The van der Waals surface area contributed by atoms with Crippen LogP contribution < -0.4 is 10.5 Å². The van der Waals surface area contributed by atoms with Crippen LogP contribution in [0.4, 0.5) is 11.4 Å². The Kier molecular flexibility index (Phi) is 6.42. The summed E-state index contributed by atoms with van der Waals surface area (Å²) in [7, 11) is -3.84. The van der Waals surface area contributed by atoms with Gasteiger partial charge < -0.3 is 15.6 Å². The van der Waals surface area contributed by atoms with E-state index in [-0.39, 0.29) is 22.6 Å². The van der Waals surface area contributed by atoms with Gasteiger partial charge in [-0.3, -0.25) is 9.52 Å². The van der Waals surface area contributed by atoms with E-state index in [1.807, 2.05) is 18.2 Å². The van der Waals surface area contributed by atoms with Gasteiger partial charge in [0.2, 0.25) is 0 Å². The standard InChI is InChI=1S/C27H30N2O5S/c28-19-8-6-10-21(16-19)35(32,33)29-20-9-5-7-18(15-20)24(17-13-14-17)25-26(30)22-11-3-1-2-4-12-23(22)34-27(25)31/h2,4-10,12,15-17,22,24-26,29-30H,1,3,11,13-14,28H2. The van der Waals surface area contributed by atoms with Gasteiger partial charge in [-0.2, -0.15) is 0 Å². The lowest BCUT2D eigenvalue weighted by molar-refractivity contribution is -0.160. The van der Waals surface area contributed by atoms with E-state index < -0.39 is 28.0 Å². The topological polar surface area (TPSA) is 119 Å². The third-order valence-corrected chi connectivity index (χ3v) is 8.51. The zero-order valence-corrected chi connectivity index (χ0v) is 20.2. The summed E-state index contributed by atoms with van der Waals surface area (Å²) < 4.78 is 34.2. The van der Waals surface area contributed by atoms with Crippen LogP contribution in [-0.4, -0.2) is 25.6 Å². The number of aliphatic hydroxyl groups is 1. The lowest BCUT2D eigenvalue weighted by atomic mass is 9.72. The first kappa shape index (κ1) is 23.6. The number of rotatable bonds is 6. The number of benzene rings is 2. The summed E-state index contributed by atoms with van der Waals surface area (Å²) in [5, 5.41) is 11.4. The monoisotopic (exact) mass is 494 g/mol. The molecule has 2 aromatic rings. The maximum atomic E-state index is 13.2. The number of carbonyl (C=O) groups excluding carboxylic acids is 1. The van der Waals surface area contributed by atoms with Gasteiger partial charge in [-0.1, -0.05) is 30.4 Å². The molecule has 0 radical (unpaired) electrons. The molecule has 7 nitrogen and oxygen atoms in total. The van der Waals surface area contributed by atoms with Crippen LogP contribution in [-0.2, 0) is 19.6 Å². The summed E-state index contributed by atoms with van der Waals surface area (Å²) in [6, 6.07) is 13.2. The SMILES string of the molecule is Nc1cccc(S(=O)(=O)Nc2cccc(C(C3CC3)C3C(=O)OC4=CC=CCCCC4C3O)c2)c1. The maximum Gasteiger partial charge on any atom is 0.317 e. The molecule has 4 atom stereocenters. The van der Waals surface area contributed by atoms with Crippen LogP contribution in [0, 0.1) is 17.8 Å². The molecule has 1 saturated heterocycles. The average Bonchev–Trinajstić information content (AvgIpc) is 3.63. The predicted molar refractivity (Wildman–Crippen MR) is 134 cm³/mol. The molecule has 4 unspecified atom stereocenters. The largest absolute Gasteiger partial charge is 0.430 e. The zero-order valence-electron chi connectivity index (χ0n) is 19.3. The van der Waals surface area contributed by atoms with Gasteiger partial charge in [0, 0.05) is 23.2 Å². The minimum Gasteiger partial charge on any atom is -0.430 e. The first-order chi connectivity index (χ1) is 16.8. The highest BCUT2D eigenvalue weighted by molar-refractivity contribution is 7.92. The molecule has 0 amide bonds. The Morgan fingerprint density at radius 1 is 1.09 bits per heavy atom. The van der Waals surface area contributed by atoms with Crippen molar-refractivity contribution in [2.75, 3.05) is 10.5 Å². The maximum absolute atomic E-state index is 13.2. The Hall–Kier alpha value is -3.10. The molecule has 0 bridgehead atoms. The van der Waals surface area contributed by atoms with E-state index in [2.05, 4.69) is 4.72 Å². The van der Waals surface area contributed by atoms with Crippen molar-refractivity contribution in [2.24, 2.45) is 17.8 Å². The van der Waals surface area contributed by atoms with Gasteiger partial charge in [-0.25, -0.2) is 8.42 Å². The molecule has 1 saturated carbocycles. The van der Waals surface area contributed by atoms with Gasteiger partial charge in [0.1, 0.15) is 5.76 Å². The van der Waals surface area contributed by atoms with E-state index in [4.69, 9.17) is 10.5 Å². The fourth-order valence-corrected chi connectivity index (χ4v) is 6.40. The summed E-state index contributed by atoms with van der Waals surface area (Å²) in [5.41, 5.74) is 7.33. The molecule has 2 aliphatic carbocycles. The smallest absolute Gasteiger partial charge is 0.317 e. The lowest BCUT2D eigenvalue weighted by Gasteiger charge is -2.39. The predicted octanol–water partition coefficient (Wildman–Crippen LogP) is 4.34. The summed E-state index contributed by atoms with van der Waals surface area (Å²) in [6.07, 6.45) is 9.36. The van der Waals surface area contributed by atoms with E-state index in [9.17, 15) is 18.3 Å². The number of ether oxygens (including phenoxy) is 1. The van der Waals surface area contributed by atoms with E-state index >= 15 is 0 Å². The van der Waals surface area contributed by atoms with E-state index in [0.29, 0.717) is 17.1 Å². The minimum absolute atomic E-state index is 0.0746. The number of sulfonamides is 1. The minimum atomic E-state index is -3.84. The number of carbonyl (C=O) groups is 1. The Balaban J connectivity index is 1.44. The molecule has 5 rings (SSSR count). The van der Waals surface area contributed by atoms with Crippen LogP contribution in [0.5, 0.6) is 0 Å². The third kappa shape index (κ3) is 4.99. The summed E-state index contributed by atoms with van der Waals surface area (Å²) in [6.45, 7) is 0. The Bertz CT molecular complexity index is 1280. The van der Waals surface area contributed by atoms with E-state index in [1.165, 1.54) is 12.1 Å². The molecule has 35 heavy (non-hydrogen) atoms. The summed E-state index contributed by atoms with van der Waals surface area (Å²) >= 11 is 0. The van der Waals surface area contributed by atoms with Gasteiger partial charge in [0.25, 0.3) is 10.0 Å². The number of aliphatic hydroxyl groups excluding tert-OH is 1. The number of hydrogen-bond donors (Lipinski definition) is 3. The quantitative estimate of drug-likeness (QED) is 0.406. The van der Waals surface area contributed by atoms with Gasteiger partial charge in [0.15, 0.2) is 0 Å². The number of anilines is 2. The molecule has 0 aromatic heterocycles. The highest BCUT2D eigenvalue weighted by Gasteiger charge is 2.50. The molecule has 184 valence electrons. The second kappa shape index (κ2) is 9.51. The fraction of sp³-hybridized carbons (Fsp3) is 0.370. The number of allylic oxidation sites excluding steroid dienone is 3. The fourth-order valence-electron chi connectivity index (χ4n) is 5.30. The molecule has 3 aliphatic rings. The van der Waals surface area contributed by atoms with Crippen molar-refractivity contribution in [2.45, 2.75) is 49.0 Å². The first-order valence-electron chi connectivity index (χ1n) is 12.1. The number of nitrogens with two attached hydrogens (primary N) is 1. The number of nitrogen functional groups attached to an aromatic ring is 1. The van der Waals surface area contributed by atoms with Crippen LogP contribution in [0.2, 0.25) is 0 Å². The molecule has 8 heteroatoms. The highest BCUT2D eigenvalue weighted by atomic mass is 32.2. The highest BCUT2D eigenvalue weighted by Crippen LogP contribution is 2.51. The van der Waals surface area contributed by atoms with Crippen molar-refractivity contribution in [1.82, 2.24) is 0 Å². The molecule has 1 aliphatic heterocycles. The second-order valence-electron chi connectivity index (χ2n) is 9.64. The van der Waals surface area contributed by atoms with Gasteiger partial charge >= 0.3 is 5.97 Å². The summed E-state index contributed by atoms with van der Waals surface area (Å²) in [4.78, 5) is 13.2. The van der Waals surface area contributed by atoms with Crippen LogP contribution in [0.3, 0.4) is 0 Å². The first-order valence-corrected chi connectivity index (χ1v) is 13.6. The molecule has 2 aromatic carbocycles. The van der Waals surface area contributed by atoms with Crippen LogP contribution in [0.1, 0.15) is 43.6 Å². The lowest BCUT2D eigenvalue weighted by Crippen LogP contribution is -2.45. The van der Waals surface area contributed by atoms with Crippen LogP contribution >= 0.6 is 0 Å². The van der Waals surface area contributed by atoms with Crippen molar-refractivity contribution < 1.29 is 23.1 Å². The van der Waals surface area contributed by atoms with Crippen molar-refractivity contribution in [1.29, 1.82) is 0 Å². The molecule has 4 N–H and O–H groups in total. The van der Waals surface area contributed by atoms with Gasteiger partial charge in [-0.05, 0) is 80.0 Å². The number of esters is 1. The third-order valence-electron chi connectivity index (χ3n) is 7.13. The number of fused-ring (bicyclic) bond motifs is 1. The second-order valence-corrected chi connectivity index (χ2v) is 11.3. The van der Waals surface area contributed by atoms with Crippen molar-refractivity contribution >= 4 is 27.4 Å². The summed E-state index contributed by atoms with van der Waals surface area (Å²) in [5.74, 6) is -0.828. The normalized spacial score (nSPS) is 25.5. The van der Waals surface area contributed by atoms with Crippen molar-refractivity contribution in [3.8, 4) is 0 Å². The van der Waals surface area contributed by atoms with Crippen molar-refractivity contribution in [3.63, 3.8) is 0 Å². The van der Waals surface area contributed by atoms with Crippen LogP contribution in [0.15, 0.2) is 77.4 Å². The Labute approximate surface area is 205 Å². The number of hydrogen-bond acceptors (Lipinski definition) is 6. The van der Waals surface area contributed by atoms with E-state index in [0.717, 1.165) is 37.7 Å². The Morgan fingerprint density at radius 3 is 2.66 bits per heavy atom. The molecular formula is C27H30N2O5S. The molecular weight excluding hydrogens is 464 g/mol.